The standard InChI is InChI=1S/C25H15N2O.C17H22NSi.Ir/c1-2-9-17(10-3-1)27-22-15-6-5-14-21(22)26-25(27)20-13-8-12-19-18-11-4-7-16-23(18)28-24(19)20;1-13(2)14-6-8-15(9-7-14)17-11-10-16(12-18-17)19(3,4)5;/h1-12,14-16H;6-8,10-13H,1-5H3;/q2*-1;/i;13D;. The van der Waals surface area contributed by atoms with Crippen LogP contribution in [0.4, 0.5) is 0 Å². The van der Waals surface area contributed by atoms with E-state index < -0.39 is 14.0 Å². The number of hydrogen-bond donors (Lipinski definition) is 0. The smallest absolute Gasteiger partial charge is 0.120 e. The Labute approximate surface area is 298 Å². The minimum absolute atomic E-state index is 0. The molecule has 0 amide bonds. The van der Waals surface area contributed by atoms with E-state index in [4.69, 9.17) is 10.8 Å². The van der Waals surface area contributed by atoms with Crippen LogP contribution in [0.1, 0.15) is 26.7 Å². The van der Waals surface area contributed by atoms with Gasteiger partial charge in [-0.05, 0) is 41.2 Å². The maximum absolute atomic E-state index is 8.01. The van der Waals surface area contributed by atoms with Crippen LogP contribution < -0.4 is 5.19 Å². The molecule has 0 spiro atoms. The summed E-state index contributed by atoms with van der Waals surface area (Å²) in [5.74, 6) is 0.251. The van der Waals surface area contributed by atoms with Crippen LogP contribution in [-0.4, -0.2) is 22.6 Å². The molecule has 6 heteroatoms. The number of aromatic nitrogens is 3. The summed E-state index contributed by atoms with van der Waals surface area (Å²) in [7, 11) is -1.29. The van der Waals surface area contributed by atoms with E-state index in [0.29, 0.717) is 0 Å². The van der Waals surface area contributed by atoms with Crippen LogP contribution in [0.15, 0.2) is 132 Å². The van der Waals surface area contributed by atoms with Gasteiger partial charge in [0.2, 0.25) is 0 Å². The number of pyridine rings is 1. The number of rotatable bonds is 5. The summed E-state index contributed by atoms with van der Waals surface area (Å²) in [5.41, 5.74) is 8.54. The van der Waals surface area contributed by atoms with Crippen LogP contribution in [0.5, 0.6) is 0 Å². The molecule has 0 saturated carbocycles. The van der Waals surface area contributed by atoms with E-state index in [9.17, 15) is 0 Å². The van der Waals surface area contributed by atoms with Crippen molar-refractivity contribution in [2.75, 3.05) is 0 Å². The van der Waals surface area contributed by atoms with Crippen LogP contribution in [-0.2, 0) is 20.1 Å². The Kier molecular flexibility index (Phi) is 9.23. The molecule has 3 aromatic heterocycles. The number of fused-ring (bicyclic) bond motifs is 4. The predicted octanol–water partition coefficient (Wildman–Crippen LogP) is 10.6. The molecule has 8 aromatic rings. The maximum Gasteiger partial charge on any atom is 0.120 e. The van der Waals surface area contributed by atoms with Crippen molar-refractivity contribution in [3.8, 4) is 28.3 Å². The Morgan fingerprint density at radius 1 is 0.792 bits per heavy atom. The summed E-state index contributed by atoms with van der Waals surface area (Å²) < 4.78 is 16.4. The second-order valence-corrected chi connectivity index (χ2v) is 18.0. The predicted molar refractivity (Wildman–Crippen MR) is 198 cm³/mol. The van der Waals surface area contributed by atoms with Gasteiger partial charge in [0.1, 0.15) is 5.58 Å². The molecular weight excluding hydrogens is 783 g/mol. The van der Waals surface area contributed by atoms with E-state index in [-0.39, 0.29) is 20.1 Å². The summed E-state index contributed by atoms with van der Waals surface area (Å²) in [5, 5.41) is 3.55. The van der Waals surface area contributed by atoms with E-state index in [0.717, 1.165) is 66.9 Å². The topological polar surface area (TPSA) is 43.9 Å². The molecule has 0 aliphatic carbocycles. The fourth-order valence-corrected chi connectivity index (χ4v) is 6.82. The Hall–Kier alpha value is -4.61. The first kappa shape index (κ1) is 32.0. The number of furan rings is 1. The molecule has 0 fully saturated rings. The monoisotopic (exact) mass is 821 g/mol. The SMILES string of the molecule is [2H]C(C)(C)c1c[c-]c(-c2ccc([Si](C)(C)C)cn2)cc1.[Ir].[c-]1ccc2c(oc3ccccc32)c1-c1nc2ccccc2n1-c1ccccc1. The van der Waals surface area contributed by atoms with E-state index in [1.807, 2.05) is 98.9 Å². The minimum atomic E-state index is -1.29. The number of benzene rings is 5. The quantitative estimate of drug-likeness (QED) is 0.128. The maximum atomic E-state index is 8.01. The molecule has 0 aliphatic heterocycles. The van der Waals surface area contributed by atoms with E-state index in [2.05, 4.69) is 83.8 Å². The normalized spacial score (nSPS) is 12.0. The van der Waals surface area contributed by atoms with Crippen molar-refractivity contribution in [3.63, 3.8) is 0 Å². The van der Waals surface area contributed by atoms with Gasteiger partial charge in [-0.25, -0.2) is 0 Å². The van der Waals surface area contributed by atoms with Crippen molar-refractivity contribution in [2.24, 2.45) is 0 Å². The molecule has 241 valence electrons. The second kappa shape index (κ2) is 13.9. The third-order valence-corrected chi connectivity index (χ3v) is 10.5. The Morgan fingerprint density at radius 3 is 2.25 bits per heavy atom. The van der Waals surface area contributed by atoms with Crippen molar-refractivity contribution in [1.82, 2.24) is 14.5 Å². The first-order valence-corrected chi connectivity index (χ1v) is 19.4. The van der Waals surface area contributed by atoms with Gasteiger partial charge in [0.05, 0.1) is 30.5 Å². The van der Waals surface area contributed by atoms with E-state index >= 15 is 0 Å². The fourth-order valence-electron chi connectivity index (χ4n) is 5.78. The number of hydrogen-bond acceptors (Lipinski definition) is 3. The molecular formula is C42H37IrN3OSi-2. The Balaban J connectivity index is 0.000000177. The average Bonchev–Trinajstić information content (AvgIpc) is 3.67. The third kappa shape index (κ3) is 6.57. The molecule has 1 radical (unpaired) electrons. The molecule has 0 unspecified atom stereocenters. The van der Waals surface area contributed by atoms with Crippen molar-refractivity contribution in [2.45, 2.75) is 39.4 Å². The molecule has 0 bridgehead atoms. The first-order chi connectivity index (χ1) is 23.1. The van der Waals surface area contributed by atoms with Gasteiger partial charge < -0.3 is 14.0 Å². The molecule has 3 heterocycles. The van der Waals surface area contributed by atoms with Gasteiger partial charge in [0.15, 0.2) is 0 Å². The zero-order valence-corrected chi connectivity index (χ0v) is 31.1. The first-order valence-electron chi connectivity index (χ1n) is 16.4. The summed E-state index contributed by atoms with van der Waals surface area (Å²) in [6.45, 7) is 10.7. The minimum Gasteiger partial charge on any atom is -0.501 e. The molecule has 0 aliphatic rings. The van der Waals surface area contributed by atoms with Gasteiger partial charge in [0.25, 0.3) is 0 Å². The van der Waals surface area contributed by atoms with Gasteiger partial charge in [-0.3, -0.25) is 4.98 Å². The van der Waals surface area contributed by atoms with Crippen LogP contribution >= 0.6 is 0 Å². The summed E-state index contributed by atoms with van der Waals surface area (Å²) in [6.07, 6.45) is 2.00. The van der Waals surface area contributed by atoms with Gasteiger partial charge in [-0.2, -0.15) is 0 Å². The average molecular weight is 821 g/mol. The van der Waals surface area contributed by atoms with Crippen molar-refractivity contribution >= 4 is 46.2 Å². The number of para-hydroxylation sites is 4. The summed E-state index contributed by atoms with van der Waals surface area (Å²) in [4.78, 5) is 9.52. The zero-order valence-electron chi connectivity index (χ0n) is 28.7. The zero-order chi connectivity index (χ0) is 33.5. The van der Waals surface area contributed by atoms with E-state index in [1.165, 1.54) is 5.19 Å². The van der Waals surface area contributed by atoms with Gasteiger partial charge >= 0.3 is 0 Å². The van der Waals surface area contributed by atoms with Crippen LogP contribution in [0.2, 0.25) is 19.6 Å². The van der Waals surface area contributed by atoms with Crippen molar-refractivity contribution < 1.29 is 25.9 Å². The van der Waals surface area contributed by atoms with Crippen molar-refractivity contribution in [3.05, 3.63) is 145 Å². The molecule has 0 N–H and O–H groups in total. The summed E-state index contributed by atoms with van der Waals surface area (Å²) >= 11 is 0. The van der Waals surface area contributed by atoms with Gasteiger partial charge in [-0.15, -0.1) is 53.6 Å². The molecule has 8 rings (SSSR count). The Morgan fingerprint density at radius 2 is 1.54 bits per heavy atom. The largest absolute Gasteiger partial charge is 0.501 e. The van der Waals surface area contributed by atoms with Crippen LogP contribution in [0, 0.1) is 12.1 Å². The Bertz CT molecular complexity index is 2300. The molecule has 0 saturated heterocycles. The van der Waals surface area contributed by atoms with Crippen LogP contribution in [0.25, 0.3) is 61.3 Å². The van der Waals surface area contributed by atoms with Gasteiger partial charge in [0, 0.05) is 38.7 Å². The molecule has 4 nitrogen and oxygen atoms in total. The number of nitrogens with zero attached hydrogens (tertiary/aromatic N) is 3. The fraction of sp³-hybridized carbons (Fsp3) is 0.143. The van der Waals surface area contributed by atoms with Crippen molar-refractivity contribution in [1.29, 1.82) is 0 Å². The third-order valence-electron chi connectivity index (χ3n) is 8.43. The molecule has 5 aromatic carbocycles. The second-order valence-electron chi connectivity index (χ2n) is 13.0. The number of imidazole rings is 1. The van der Waals surface area contributed by atoms with Crippen LogP contribution in [0.3, 0.4) is 0 Å². The van der Waals surface area contributed by atoms with Gasteiger partial charge in [-0.1, -0.05) is 111 Å². The van der Waals surface area contributed by atoms with E-state index in [1.54, 1.807) is 0 Å². The molecule has 0 atom stereocenters. The molecule has 48 heavy (non-hydrogen) atoms. The summed E-state index contributed by atoms with van der Waals surface area (Å²) in [6, 6.07) is 47.4.